The lowest BCUT2D eigenvalue weighted by Crippen LogP contribution is -2.00. The van der Waals surface area contributed by atoms with Crippen LogP contribution in [0.3, 0.4) is 0 Å². The van der Waals surface area contributed by atoms with Crippen molar-refractivity contribution in [2.45, 2.75) is 6.42 Å². The summed E-state index contributed by atoms with van der Waals surface area (Å²) in [5, 5.41) is 10.9. The zero-order valence-electron chi connectivity index (χ0n) is 13.9. The SMILES string of the molecule is O=[N+]([O-])c1ccc(-c2nc3ccccc3nc2Cc2ccccc2)cc1. The monoisotopic (exact) mass is 341 g/mol. The Bertz CT molecular complexity index is 1080. The van der Waals surface area contributed by atoms with Gasteiger partial charge in [-0.25, -0.2) is 9.97 Å². The molecule has 26 heavy (non-hydrogen) atoms. The Morgan fingerprint density at radius 1 is 0.769 bits per heavy atom. The van der Waals surface area contributed by atoms with Gasteiger partial charge in [0.15, 0.2) is 0 Å². The van der Waals surface area contributed by atoms with E-state index < -0.39 is 4.92 Å². The summed E-state index contributed by atoms with van der Waals surface area (Å²) in [5.41, 5.74) is 5.26. The lowest BCUT2D eigenvalue weighted by molar-refractivity contribution is -0.384. The van der Waals surface area contributed by atoms with E-state index >= 15 is 0 Å². The Balaban J connectivity index is 1.85. The first-order valence-electron chi connectivity index (χ1n) is 8.25. The third-order valence-corrected chi connectivity index (χ3v) is 4.21. The summed E-state index contributed by atoms with van der Waals surface area (Å²) < 4.78 is 0. The molecule has 0 aliphatic heterocycles. The first kappa shape index (κ1) is 15.9. The second kappa shape index (κ2) is 6.72. The van der Waals surface area contributed by atoms with Crippen LogP contribution in [-0.4, -0.2) is 14.9 Å². The average molecular weight is 341 g/mol. The average Bonchev–Trinajstić information content (AvgIpc) is 2.68. The molecule has 5 heteroatoms. The highest BCUT2D eigenvalue weighted by Crippen LogP contribution is 2.27. The standard InChI is InChI=1S/C21H15N3O2/c25-24(26)17-12-10-16(11-13-17)21-20(14-15-6-2-1-3-7-15)22-18-8-4-5-9-19(18)23-21/h1-13H,14H2. The van der Waals surface area contributed by atoms with Crippen LogP contribution in [0.5, 0.6) is 0 Å². The molecule has 1 aromatic heterocycles. The summed E-state index contributed by atoms with van der Waals surface area (Å²) in [6, 6.07) is 24.3. The zero-order chi connectivity index (χ0) is 17.9. The van der Waals surface area contributed by atoms with E-state index in [0.717, 1.165) is 33.5 Å². The van der Waals surface area contributed by atoms with Gasteiger partial charge in [0.1, 0.15) is 0 Å². The summed E-state index contributed by atoms with van der Waals surface area (Å²) in [6.07, 6.45) is 0.644. The molecule has 0 saturated heterocycles. The van der Waals surface area contributed by atoms with Crippen LogP contribution in [0, 0.1) is 10.1 Å². The number of aromatic nitrogens is 2. The van der Waals surface area contributed by atoms with Crippen molar-refractivity contribution in [3.63, 3.8) is 0 Å². The topological polar surface area (TPSA) is 68.9 Å². The molecule has 4 aromatic rings. The van der Waals surface area contributed by atoms with Crippen molar-refractivity contribution in [3.8, 4) is 11.3 Å². The van der Waals surface area contributed by atoms with Gasteiger partial charge < -0.3 is 0 Å². The summed E-state index contributed by atoms with van der Waals surface area (Å²) in [6.45, 7) is 0. The molecule has 0 saturated carbocycles. The first-order valence-corrected chi connectivity index (χ1v) is 8.25. The molecular formula is C21H15N3O2. The van der Waals surface area contributed by atoms with E-state index in [9.17, 15) is 10.1 Å². The number of benzene rings is 3. The normalized spacial score (nSPS) is 10.8. The van der Waals surface area contributed by atoms with Gasteiger partial charge in [-0.2, -0.15) is 0 Å². The van der Waals surface area contributed by atoms with Crippen molar-refractivity contribution < 1.29 is 4.92 Å². The van der Waals surface area contributed by atoms with Crippen molar-refractivity contribution in [1.29, 1.82) is 0 Å². The van der Waals surface area contributed by atoms with Crippen molar-refractivity contribution in [1.82, 2.24) is 9.97 Å². The maximum absolute atomic E-state index is 10.9. The molecule has 0 aliphatic carbocycles. The molecule has 0 bridgehead atoms. The number of nitrogens with zero attached hydrogens (tertiary/aromatic N) is 3. The highest BCUT2D eigenvalue weighted by Gasteiger charge is 2.13. The third kappa shape index (κ3) is 3.15. The van der Waals surface area contributed by atoms with Gasteiger partial charge in [0.2, 0.25) is 0 Å². The van der Waals surface area contributed by atoms with Gasteiger partial charge in [0.05, 0.1) is 27.3 Å². The summed E-state index contributed by atoms with van der Waals surface area (Å²) >= 11 is 0. The molecule has 0 amide bonds. The Morgan fingerprint density at radius 2 is 1.38 bits per heavy atom. The minimum Gasteiger partial charge on any atom is -0.258 e. The molecule has 5 nitrogen and oxygen atoms in total. The summed E-state index contributed by atoms with van der Waals surface area (Å²) in [4.78, 5) is 20.1. The van der Waals surface area contributed by atoms with Crippen LogP contribution in [0.15, 0.2) is 78.9 Å². The van der Waals surface area contributed by atoms with Gasteiger partial charge in [0, 0.05) is 24.1 Å². The van der Waals surface area contributed by atoms with E-state index in [-0.39, 0.29) is 5.69 Å². The van der Waals surface area contributed by atoms with Crippen molar-refractivity contribution in [3.05, 3.63) is 100 Å². The molecule has 0 N–H and O–H groups in total. The summed E-state index contributed by atoms with van der Waals surface area (Å²) in [5.74, 6) is 0. The number of hydrogen-bond acceptors (Lipinski definition) is 4. The van der Waals surface area contributed by atoms with Gasteiger partial charge in [0.25, 0.3) is 5.69 Å². The number of non-ortho nitro benzene ring substituents is 1. The van der Waals surface area contributed by atoms with Crippen LogP contribution in [0.1, 0.15) is 11.3 Å². The zero-order valence-corrected chi connectivity index (χ0v) is 13.9. The third-order valence-electron chi connectivity index (χ3n) is 4.21. The molecule has 0 atom stereocenters. The Labute approximate surface area is 150 Å². The second-order valence-electron chi connectivity index (χ2n) is 5.97. The minimum absolute atomic E-state index is 0.0621. The fraction of sp³-hybridized carbons (Fsp3) is 0.0476. The predicted octanol–water partition coefficient (Wildman–Crippen LogP) is 4.80. The molecule has 126 valence electrons. The molecule has 1 heterocycles. The highest BCUT2D eigenvalue weighted by molar-refractivity contribution is 5.78. The van der Waals surface area contributed by atoms with Crippen molar-refractivity contribution >= 4 is 16.7 Å². The minimum atomic E-state index is -0.402. The van der Waals surface area contributed by atoms with E-state index in [1.165, 1.54) is 12.1 Å². The van der Waals surface area contributed by atoms with Crippen LogP contribution in [0.2, 0.25) is 0 Å². The Kier molecular flexibility index (Phi) is 4.11. The highest BCUT2D eigenvalue weighted by atomic mass is 16.6. The molecule has 3 aromatic carbocycles. The largest absolute Gasteiger partial charge is 0.269 e. The number of rotatable bonds is 4. The van der Waals surface area contributed by atoms with Crippen LogP contribution in [-0.2, 0) is 6.42 Å². The molecule has 0 unspecified atom stereocenters. The number of para-hydroxylation sites is 2. The van der Waals surface area contributed by atoms with Gasteiger partial charge in [-0.15, -0.1) is 0 Å². The van der Waals surface area contributed by atoms with Gasteiger partial charge in [-0.1, -0.05) is 42.5 Å². The number of hydrogen-bond donors (Lipinski definition) is 0. The van der Waals surface area contributed by atoms with Crippen LogP contribution >= 0.6 is 0 Å². The van der Waals surface area contributed by atoms with Crippen molar-refractivity contribution in [2.24, 2.45) is 0 Å². The quantitative estimate of drug-likeness (QED) is 0.395. The van der Waals surface area contributed by atoms with E-state index in [4.69, 9.17) is 9.97 Å². The van der Waals surface area contributed by atoms with Crippen LogP contribution < -0.4 is 0 Å². The van der Waals surface area contributed by atoms with Crippen molar-refractivity contribution in [2.75, 3.05) is 0 Å². The molecule has 0 aliphatic rings. The number of fused-ring (bicyclic) bond motifs is 1. The molecular weight excluding hydrogens is 326 g/mol. The fourth-order valence-corrected chi connectivity index (χ4v) is 2.92. The van der Waals surface area contributed by atoms with E-state index in [1.54, 1.807) is 12.1 Å². The molecule has 0 fully saturated rings. The molecule has 0 spiro atoms. The second-order valence-corrected chi connectivity index (χ2v) is 5.97. The predicted molar refractivity (Wildman–Crippen MR) is 101 cm³/mol. The fourth-order valence-electron chi connectivity index (χ4n) is 2.92. The molecule has 0 radical (unpaired) electrons. The van der Waals surface area contributed by atoms with E-state index in [1.807, 2.05) is 42.5 Å². The van der Waals surface area contributed by atoms with E-state index in [0.29, 0.717) is 6.42 Å². The lowest BCUT2D eigenvalue weighted by Gasteiger charge is -2.10. The first-order chi connectivity index (χ1) is 12.7. The summed E-state index contributed by atoms with van der Waals surface area (Å²) in [7, 11) is 0. The number of nitro groups is 1. The Morgan fingerprint density at radius 3 is 2.04 bits per heavy atom. The van der Waals surface area contributed by atoms with E-state index in [2.05, 4.69) is 12.1 Å². The van der Waals surface area contributed by atoms with Gasteiger partial charge in [-0.3, -0.25) is 10.1 Å². The van der Waals surface area contributed by atoms with Crippen LogP contribution in [0.4, 0.5) is 5.69 Å². The van der Waals surface area contributed by atoms with Gasteiger partial charge >= 0.3 is 0 Å². The van der Waals surface area contributed by atoms with Crippen LogP contribution in [0.25, 0.3) is 22.3 Å². The maximum Gasteiger partial charge on any atom is 0.269 e. The van der Waals surface area contributed by atoms with Gasteiger partial charge in [-0.05, 0) is 29.8 Å². The molecule has 4 rings (SSSR count). The lowest BCUT2D eigenvalue weighted by atomic mass is 10.0. The number of nitro benzene ring substituents is 1. The smallest absolute Gasteiger partial charge is 0.258 e. The maximum atomic E-state index is 10.9. The Hall–Kier alpha value is -3.60.